The number of esters is 1. The van der Waals surface area contributed by atoms with Crippen LogP contribution in [0.15, 0.2) is 18.2 Å². The van der Waals surface area contributed by atoms with Crippen LogP contribution >= 0.6 is 0 Å². The summed E-state index contributed by atoms with van der Waals surface area (Å²) in [6.45, 7) is 5.47. The molecule has 1 aromatic carbocycles. The van der Waals surface area contributed by atoms with Crippen LogP contribution in [0.3, 0.4) is 0 Å². The molecule has 0 heterocycles. The molecule has 0 aromatic heterocycles. The van der Waals surface area contributed by atoms with E-state index in [9.17, 15) is 9.18 Å². The zero-order valence-corrected chi connectivity index (χ0v) is 13.6. The first-order valence-electron chi connectivity index (χ1n) is 8.12. The molecule has 0 radical (unpaired) electrons. The van der Waals surface area contributed by atoms with Crippen molar-refractivity contribution >= 4 is 5.97 Å². The second-order valence-corrected chi connectivity index (χ2v) is 6.50. The Kier molecular flexibility index (Phi) is 5.57. The average Bonchev–Trinajstić information content (AvgIpc) is 2.95. The molecule has 4 heteroatoms. The van der Waals surface area contributed by atoms with Gasteiger partial charge in [0.15, 0.2) is 0 Å². The Morgan fingerprint density at radius 3 is 2.50 bits per heavy atom. The highest BCUT2D eigenvalue weighted by Gasteiger charge is 2.34. The highest BCUT2D eigenvalue weighted by molar-refractivity contribution is 5.75. The first-order valence-corrected chi connectivity index (χ1v) is 8.12. The third-order valence-electron chi connectivity index (χ3n) is 4.68. The maximum atomic E-state index is 13.4. The van der Waals surface area contributed by atoms with Crippen molar-refractivity contribution in [3.8, 4) is 0 Å². The van der Waals surface area contributed by atoms with Crippen molar-refractivity contribution in [1.82, 2.24) is 0 Å². The van der Waals surface area contributed by atoms with E-state index in [2.05, 4.69) is 0 Å². The van der Waals surface area contributed by atoms with Gasteiger partial charge in [-0.25, -0.2) is 4.39 Å². The normalized spacial score (nSPS) is 19.7. The monoisotopic (exact) mass is 307 g/mol. The lowest BCUT2D eigenvalue weighted by atomic mass is 9.79. The van der Waals surface area contributed by atoms with E-state index in [1.807, 2.05) is 19.9 Å². The molecule has 0 saturated heterocycles. The Hall–Kier alpha value is -1.42. The van der Waals surface area contributed by atoms with Gasteiger partial charge in [-0.05, 0) is 62.8 Å². The van der Waals surface area contributed by atoms with Gasteiger partial charge in [0.25, 0.3) is 0 Å². The molecule has 1 aliphatic rings. The molecule has 1 saturated carbocycles. The van der Waals surface area contributed by atoms with Crippen LogP contribution in [0, 0.1) is 18.7 Å². The van der Waals surface area contributed by atoms with E-state index in [0.29, 0.717) is 5.92 Å². The molecule has 2 N–H and O–H groups in total. The van der Waals surface area contributed by atoms with Crippen molar-refractivity contribution in [3.63, 3.8) is 0 Å². The number of hydrogen-bond acceptors (Lipinski definition) is 3. The fraction of sp³-hybridized carbons (Fsp3) is 0.611. The lowest BCUT2D eigenvalue weighted by molar-refractivity contribution is -0.151. The Morgan fingerprint density at radius 1 is 1.32 bits per heavy atom. The molecule has 0 amide bonds. The van der Waals surface area contributed by atoms with E-state index >= 15 is 0 Å². The zero-order chi connectivity index (χ0) is 16.3. The number of nitrogens with two attached hydrogens (primary N) is 1. The second kappa shape index (κ2) is 7.23. The molecular formula is C18H26FNO2. The van der Waals surface area contributed by atoms with E-state index in [0.717, 1.165) is 24.0 Å². The summed E-state index contributed by atoms with van der Waals surface area (Å²) in [5.41, 5.74) is 7.60. The first kappa shape index (κ1) is 16.9. The van der Waals surface area contributed by atoms with Gasteiger partial charge in [-0.15, -0.1) is 0 Å². The van der Waals surface area contributed by atoms with Crippen LogP contribution in [0.4, 0.5) is 4.39 Å². The van der Waals surface area contributed by atoms with Crippen molar-refractivity contribution in [2.24, 2.45) is 11.7 Å². The number of rotatable bonds is 5. The van der Waals surface area contributed by atoms with Gasteiger partial charge in [0.2, 0.25) is 0 Å². The molecule has 122 valence electrons. The molecule has 3 nitrogen and oxygen atoms in total. The Labute approximate surface area is 132 Å². The topological polar surface area (TPSA) is 52.3 Å². The van der Waals surface area contributed by atoms with Crippen LogP contribution in [0.2, 0.25) is 0 Å². The molecule has 1 fully saturated rings. The Balaban J connectivity index is 2.27. The number of carbonyl (C=O) groups excluding carboxylic acids is 1. The van der Waals surface area contributed by atoms with E-state index in [1.165, 1.54) is 18.9 Å². The number of benzene rings is 1. The molecule has 0 spiro atoms. The van der Waals surface area contributed by atoms with Crippen molar-refractivity contribution in [1.29, 1.82) is 0 Å². The van der Waals surface area contributed by atoms with E-state index in [-0.39, 0.29) is 23.8 Å². The summed E-state index contributed by atoms with van der Waals surface area (Å²) >= 11 is 0. The van der Waals surface area contributed by atoms with Gasteiger partial charge in [0.1, 0.15) is 18.0 Å². The second-order valence-electron chi connectivity index (χ2n) is 6.50. The lowest BCUT2D eigenvalue weighted by Gasteiger charge is -2.31. The molecule has 0 aliphatic heterocycles. The minimum Gasteiger partial charge on any atom is -0.461 e. The van der Waals surface area contributed by atoms with Crippen LogP contribution in [0.25, 0.3) is 0 Å². The van der Waals surface area contributed by atoms with Crippen molar-refractivity contribution in [3.05, 3.63) is 35.1 Å². The fourth-order valence-electron chi connectivity index (χ4n) is 3.58. The van der Waals surface area contributed by atoms with Crippen LogP contribution in [-0.2, 0) is 9.53 Å². The van der Waals surface area contributed by atoms with Crippen LogP contribution in [-0.4, -0.2) is 18.1 Å². The fourth-order valence-corrected chi connectivity index (χ4v) is 3.58. The van der Waals surface area contributed by atoms with Crippen molar-refractivity contribution in [2.75, 3.05) is 0 Å². The van der Waals surface area contributed by atoms with Crippen LogP contribution < -0.4 is 5.73 Å². The number of ether oxygens (including phenoxy) is 1. The number of carbonyl (C=O) groups is 1. The summed E-state index contributed by atoms with van der Waals surface area (Å²) in [5.74, 6) is -0.0345. The third-order valence-corrected chi connectivity index (χ3v) is 4.68. The van der Waals surface area contributed by atoms with Gasteiger partial charge < -0.3 is 10.5 Å². The van der Waals surface area contributed by atoms with Gasteiger partial charge in [-0.3, -0.25) is 4.79 Å². The largest absolute Gasteiger partial charge is 0.461 e. The summed E-state index contributed by atoms with van der Waals surface area (Å²) in [4.78, 5) is 11.8. The quantitative estimate of drug-likeness (QED) is 0.844. The van der Waals surface area contributed by atoms with E-state index < -0.39 is 6.04 Å². The minimum absolute atomic E-state index is 0.103. The molecule has 3 atom stereocenters. The first-order chi connectivity index (χ1) is 10.4. The molecule has 2 rings (SSSR count). The molecule has 0 bridgehead atoms. The third kappa shape index (κ3) is 3.86. The van der Waals surface area contributed by atoms with Gasteiger partial charge >= 0.3 is 5.97 Å². The SMILES string of the molecule is Cc1cc(F)ccc1[C@H](C1CCCC1)[C@H](C)OC(=O)[C@H](C)N. The standard InChI is InChI=1S/C18H26FNO2/c1-11-10-15(19)8-9-16(11)17(14-6-4-5-7-14)13(3)22-18(21)12(2)20/h8-10,12-14,17H,4-7,20H2,1-3H3/t12-,13-,17-/m0/s1. The van der Waals surface area contributed by atoms with Gasteiger partial charge in [-0.2, -0.15) is 0 Å². The summed E-state index contributed by atoms with van der Waals surface area (Å²) in [6, 6.07) is 4.26. The smallest absolute Gasteiger partial charge is 0.322 e. The summed E-state index contributed by atoms with van der Waals surface area (Å²) in [5, 5.41) is 0. The van der Waals surface area contributed by atoms with Gasteiger partial charge in [-0.1, -0.05) is 18.9 Å². The maximum Gasteiger partial charge on any atom is 0.322 e. The predicted octanol–water partition coefficient (Wildman–Crippen LogP) is 3.69. The molecule has 22 heavy (non-hydrogen) atoms. The van der Waals surface area contributed by atoms with Gasteiger partial charge in [0, 0.05) is 5.92 Å². The highest BCUT2D eigenvalue weighted by Crippen LogP contribution is 2.41. The minimum atomic E-state index is -0.624. The van der Waals surface area contributed by atoms with E-state index in [4.69, 9.17) is 10.5 Å². The van der Waals surface area contributed by atoms with Crippen molar-refractivity contribution in [2.45, 2.75) is 64.5 Å². The average molecular weight is 307 g/mol. The molecule has 1 aliphatic carbocycles. The summed E-state index contributed by atoms with van der Waals surface area (Å²) in [6.07, 6.45) is 4.40. The predicted molar refractivity (Wildman–Crippen MR) is 85.0 cm³/mol. The summed E-state index contributed by atoms with van der Waals surface area (Å²) < 4.78 is 19.0. The highest BCUT2D eigenvalue weighted by atomic mass is 19.1. The Bertz CT molecular complexity index is 524. The molecule has 0 unspecified atom stereocenters. The number of halogens is 1. The van der Waals surface area contributed by atoms with Gasteiger partial charge in [0.05, 0.1) is 0 Å². The number of aryl methyl sites for hydroxylation is 1. The van der Waals surface area contributed by atoms with E-state index in [1.54, 1.807) is 13.0 Å². The van der Waals surface area contributed by atoms with Crippen LogP contribution in [0.1, 0.15) is 56.6 Å². The lowest BCUT2D eigenvalue weighted by Crippen LogP contribution is -2.35. The summed E-state index contributed by atoms with van der Waals surface area (Å²) in [7, 11) is 0. The zero-order valence-electron chi connectivity index (χ0n) is 13.6. The Morgan fingerprint density at radius 2 is 1.95 bits per heavy atom. The molecule has 1 aromatic rings. The van der Waals surface area contributed by atoms with Crippen LogP contribution in [0.5, 0.6) is 0 Å². The maximum absolute atomic E-state index is 13.4. The molecular weight excluding hydrogens is 281 g/mol. The number of hydrogen-bond donors (Lipinski definition) is 1. The van der Waals surface area contributed by atoms with Crippen molar-refractivity contribution < 1.29 is 13.9 Å².